The Balaban J connectivity index is 3.19. The van der Waals surface area contributed by atoms with Crippen LogP contribution in [-0.4, -0.2) is 43.3 Å². The van der Waals surface area contributed by atoms with Crippen molar-refractivity contribution >= 4 is 23.5 Å². The van der Waals surface area contributed by atoms with Crippen LogP contribution in [-0.2, 0) is 14.3 Å². The number of halogens is 1. The molecule has 0 aromatic heterocycles. The molecule has 0 fully saturated rings. The van der Waals surface area contributed by atoms with Gasteiger partial charge >= 0.3 is 5.97 Å². The van der Waals surface area contributed by atoms with Crippen LogP contribution in [0.1, 0.15) is 24.2 Å². The van der Waals surface area contributed by atoms with Crippen molar-refractivity contribution in [3.05, 3.63) is 40.8 Å². The van der Waals surface area contributed by atoms with Gasteiger partial charge in [0, 0.05) is 5.02 Å². The predicted octanol–water partition coefficient (Wildman–Crippen LogP) is 1.88. The number of carbonyl (C=O) groups excluding carboxylic acids is 2. The van der Waals surface area contributed by atoms with Gasteiger partial charge in [-0.3, -0.25) is 4.79 Å². The minimum Gasteiger partial charge on any atom is -0.500 e. The largest absolute Gasteiger partial charge is 0.500 e. The van der Waals surface area contributed by atoms with Gasteiger partial charge in [0.25, 0.3) is 5.91 Å². The lowest BCUT2D eigenvalue weighted by Crippen LogP contribution is -2.46. The maximum Gasteiger partial charge on any atom is 0.377 e. The van der Waals surface area contributed by atoms with Gasteiger partial charge in [-0.05, 0) is 32.0 Å². The summed E-state index contributed by atoms with van der Waals surface area (Å²) in [4.78, 5) is 24.1. The Hall–Kier alpha value is -2.25. The molecule has 1 aromatic rings. The van der Waals surface area contributed by atoms with Crippen LogP contribution >= 0.6 is 11.6 Å². The number of hydrogen-bond acceptors (Lipinski definition) is 6. The molecular formula is C16H20ClNO6. The summed E-state index contributed by atoms with van der Waals surface area (Å²) in [5, 5.41) is 12.2. The standard InChI is InChI=1S/C16H20ClNO6/c1-16(2,9-19)18-14(20)11-7-10(17)5-6-12(11)24-13(8-22-3)15(21)23-4/h5-8,19H,9H2,1-4H3,(H,18,20). The topological polar surface area (TPSA) is 94.1 Å². The lowest BCUT2D eigenvalue weighted by molar-refractivity contribution is -0.138. The highest BCUT2D eigenvalue weighted by molar-refractivity contribution is 6.31. The van der Waals surface area contributed by atoms with Crippen molar-refractivity contribution in [2.24, 2.45) is 0 Å². The number of nitrogens with one attached hydrogen (secondary N) is 1. The van der Waals surface area contributed by atoms with Crippen LogP contribution < -0.4 is 10.1 Å². The molecule has 0 spiro atoms. The number of rotatable bonds is 7. The molecule has 0 heterocycles. The summed E-state index contributed by atoms with van der Waals surface area (Å²) >= 11 is 5.94. The number of carbonyl (C=O) groups is 2. The van der Waals surface area contributed by atoms with Crippen molar-refractivity contribution in [1.29, 1.82) is 0 Å². The van der Waals surface area contributed by atoms with E-state index in [0.717, 1.165) is 6.26 Å². The molecule has 8 heteroatoms. The van der Waals surface area contributed by atoms with E-state index < -0.39 is 17.4 Å². The van der Waals surface area contributed by atoms with Gasteiger partial charge in [0.1, 0.15) is 12.0 Å². The maximum atomic E-state index is 12.4. The van der Waals surface area contributed by atoms with E-state index in [1.165, 1.54) is 32.4 Å². The van der Waals surface area contributed by atoms with E-state index in [4.69, 9.17) is 21.1 Å². The molecule has 2 N–H and O–H groups in total. The van der Waals surface area contributed by atoms with Gasteiger partial charge in [-0.25, -0.2) is 4.79 Å². The number of aliphatic hydroxyl groups excluding tert-OH is 1. The average Bonchev–Trinajstić information content (AvgIpc) is 2.54. The average molecular weight is 358 g/mol. The summed E-state index contributed by atoms with van der Waals surface area (Å²) in [6.45, 7) is 3.05. The molecule has 132 valence electrons. The molecule has 0 aliphatic carbocycles. The highest BCUT2D eigenvalue weighted by Gasteiger charge is 2.24. The number of esters is 1. The molecule has 1 amide bonds. The molecule has 7 nitrogen and oxygen atoms in total. The molecule has 24 heavy (non-hydrogen) atoms. The maximum absolute atomic E-state index is 12.4. The van der Waals surface area contributed by atoms with Gasteiger partial charge in [-0.2, -0.15) is 0 Å². The van der Waals surface area contributed by atoms with Crippen molar-refractivity contribution in [1.82, 2.24) is 5.32 Å². The molecule has 0 bridgehead atoms. The SMILES string of the molecule is COC=C(Oc1ccc(Cl)cc1C(=O)NC(C)(C)CO)C(=O)OC. The Bertz CT molecular complexity index is 641. The molecule has 1 rings (SSSR count). The van der Waals surface area contributed by atoms with Crippen molar-refractivity contribution in [2.45, 2.75) is 19.4 Å². The zero-order valence-corrected chi connectivity index (χ0v) is 14.6. The third-order valence-corrected chi connectivity index (χ3v) is 3.10. The quantitative estimate of drug-likeness (QED) is 0.439. The summed E-state index contributed by atoms with van der Waals surface area (Å²) in [5.41, 5.74) is -0.751. The van der Waals surface area contributed by atoms with Gasteiger partial charge in [-0.15, -0.1) is 0 Å². The van der Waals surface area contributed by atoms with Gasteiger partial charge in [0.05, 0.1) is 31.9 Å². The van der Waals surface area contributed by atoms with Crippen LogP contribution in [0.5, 0.6) is 5.75 Å². The highest BCUT2D eigenvalue weighted by Crippen LogP contribution is 2.25. The van der Waals surface area contributed by atoms with Gasteiger partial charge in [-0.1, -0.05) is 11.6 Å². The van der Waals surface area contributed by atoms with Crippen molar-refractivity contribution in [3.63, 3.8) is 0 Å². The van der Waals surface area contributed by atoms with Gasteiger partial charge in [0.2, 0.25) is 5.76 Å². The van der Waals surface area contributed by atoms with Crippen LogP contribution in [0.3, 0.4) is 0 Å². The number of hydrogen-bond donors (Lipinski definition) is 2. The summed E-state index contributed by atoms with van der Waals surface area (Å²) in [6, 6.07) is 4.34. The third kappa shape index (κ3) is 5.43. The number of aliphatic hydroxyl groups is 1. The van der Waals surface area contributed by atoms with Crippen LogP contribution in [0.15, 0.2) is 30.2 Å². The molecule has 0 aliphatic heterocycles. The molecular weight excluding hydrogens is 338 g/mol. The predicted molar refractivity (Wildman–Crippen MR) is 87.8 cm³/mol. The first kappa shape index (κ1) is 19.8. The Kier molecular flexibility index (Phi) is 7.06. The third-order valence-electron chi connectivity index (χ3n) is 2.86. The first-order chi connectivity index (χ1) is 11.2. The summed E-state index contributed by atoms with van der Waals surface area (Å²) in [6.07, 6.45) is 1.06. The summed E-state index contributed by atoms with van der Waals surface area (Å²) in [5.74, 6) is -1.45. The smallest absolute Gasteiger partial charge is 0.377 e. The fraction of sp³-hybridized carbons (Fsp3) is 0.375. The zero-order valence-electron chi connectivity index (χ0n) is 13.9. The fourth-order valence-electron chi connectivity index (χ4n) is 1.62. The zero-order chi connectivity index (χ0) is 18.3. The van der Waals surface area contributed by atoms with E-state index >= 15 is 0 Å². The molecule has 0 radical (unpaired) electrons. The molecule has 0 atom stereocenters. The normalized spacial score (nSPS) is 11.7. The Morgan fingerprint density at radius 2 is 2.00 bits per heavy atom. The Morgan fingerprint density at radius 3 is 2.54 bits per heavy atom. The Morgan fingerprint density at radius 1 is 1.33 bits per heavy atom. The molecule has 0 unspecified atom stereocenters. The van der Waals surface area contributed by atoms with Crippen LogP contribution in [0.4, 0.5) is 0 Å². The minimum absolute atomic E-state index is 0.0827. The van der Waals surface area contributed by atoms with E-state index in [1.807, 2.05) is 0 Å². The van der Waals surface area contributed by atoms with E-state index in [9.17, 15) is 14.7 Å². The van der Waals surface area contributed by atoms with Crippen LogP contribution in [0.2, 0.25) is 5.02 Å². The molecule has 0 aliphatic rings. The molecule has 0 saturated heterocycles. The monoisotopic (exact) mass is 357 g/mol. The summed E-state index contributed by atoms with van der Waals surface area (Å²) in [7, 11) is 2.53. The second-order valence-corrected chi connectivity index (χ2v) is 5.88. The first-order valence-corrected chi connectivity index (χ1v) is 7.34. The Labute approximate surface area is 145 Å². The lowest BCUT2D eigenvalue weighted by atomic mass is 10.1. The van der Waals surface area contributed by atoms with Gasteiger partial charge < -0.3 is 24.6 Å². The summed E-state index contributed by atoms with van der Waals surface area (Å²) < 4.78 is 14.8. The van der Waals surface area contributed by atoms with E-state index in [1.54, 1.807) is 13.8 Å². The van der Waals surface area contributed by atoms with Crippen molar-refractivity contribution in [3.8, 4) is 5.75 Å². The number of benzene rings is 1. The molecule has 0 saturated carbocycles. The number of ether oxygens (including phenoxy) is 3. The van der Waals surface area contributed by atoms with Crippen molar-refractivity contribution in [2.75, 3.05) is 20.8 Å². The molecule has 1 aromatic carbocycles. The minimum atomic E-state index is -0.843. The second-order valence-electron chi connectivity index (χ2n) is 5.45. The van der Waals surface area contributed by atoms with E-state index in [0.29, 0.717) is 5.02 Å². The fourth-order valence-corrected chi connectivity index (χ4v) is 1.79. The first-order valence-electron chi connectivity index (χ1n) is 6.96. The van der Waals surface area contributed by atoms with Crippen LogP contribution in [0.25, 0.3) is 0 Å². The van der Waals surface area contributed by atoms with Crippen LogP contribution in [0, 0.1) is 0 Å². The lowest BCUT2D eigenvalue weighted by Gasteiger charge is -2.24. The van der Waals surface area contributed by atoms with Gasteiger partial charge in [0.15, 0.2) is 0 Å². The van der Waals surface area contributed by atoms with Crippen molar-refractivity contribution < 1.29 is 28.9 Å². The van der Waals surface area contributed by atoms with E-state index in [-0.39, 0.29) is 23.7 Å². The second kappa shape index (κ2) is 8.56. The van der Waals surface area contributed by atoms with E-state index in [2.05, 4.69) is 10.1 Å². The number of amides is 1. The number of methoxy groups -OCH3 is 2. The highest BCUT2D eigenvalue weighted by atomic mass is 35.5.